The molecule has 2 nitrogen and oxygen atoms in total. The molecule has 1 aromatic rings. The molecule has 0 saturated heterocycles. The van der Waals surface area contributed by atoms with Crippen molar-refractivity contribution in [3.05, 3.63) is 41.7 Å². The standard InChI is InChI=1S/C8H8O2S.2Li/c9-8(10)6-11-7-4-2-1-3-5-7;;/h1-6,9-10H;;/q;2*+1/p-2. The van der Waals surface area contributed by atoms with E-state index in [1.54, 1.807) is 0 Å². The molecule has 0 aromatic heterocycles. The van der Waals surface area contributed by atoms with Gasteiger partial charge in [0.05, 0.1) is 0 Å². The Bertz CT molecular complexity index is 248. The van der Waals surface area contributed by atoms with Crippen LogP contribution in [0.25, 0.3) is 0 Å². The van der Waals surface area contributed by atoms with E-state index in [1.165, 1.54) is 0 Å². The molecular formula is C8H6Li2O2S. The molecule has 0 N–H and O–H groups in total. The Hall–Kier alpha value is 0.105. The third-order valence-corrected chi connectivity index (χ3v) is 1.89. The third-order valence-electron chi connectivity index (χ3n) is 1.03. The van der Waals surface area contributed by atoms with Crippen LogP contribution in [-0.2, 0) is 0 Å². The maximum absolute atomic E-state index is 9.99. The summed E-state index contributed by atoms with van der Waals surface area (Å²) in [6, 6.07) is 9.26. The van der Waals surface area contributed by atoms with E-state index in [2.05, 4.69) is 0 Å². The second kappa shape index (κ2) is 8.69. The molecule has 58 valence electrons. The molecule has 0 spiro atoms. The van der Waals surface area contributed by atoms with Gasteiger partial charge in [0.25, 0.3) is 0 Å². The Morgan fingerprint density at radius 1 is 1.08 bits per heavy atom. The van der Waals surface area contributed by atoms with Gasteiger partial charge in [-0.2, -0.15) is 5.95 Å². The zero-order chi connectivity index (χ0) is 8.10. The van der Waals surface area contributed by atoms with Crippen molar-refractivity contribution >= 4 is 11.8 Å². The molecule has 0 radical (unpaired) electrons. The first-order valence-electron chi connectivity index (χ1n) is 3.05. The Morgan fingerprint density at radius 2 is 1.62 bits per heavy atom. The van der Waals surface area contributed by atoms with Crippen LogP contribution < -0.4 is 47.9 Å². The molecule has 0 amide bonds. The summed E-state index contributed by atoms with van der Waals surface area (Å²) in [7, 11) is 0. The van der Waals surface area contributed by atoms with Crippen molar-refractivity contribution in [2.75, 3.05) is 0 Å². The molecule has 1 rings (SSSR count). The maximum atomic E-state index is 9.99. The summed E-state index contributed by atoms with van der Waals surface area (Å²) < 4.78 is 0. The van der Waals surface area contributed by atoms with E-state index in [1.807, 2.05) is 30.3 Å². The second-order valence-corrected chi connectivity index (χ2v) is 2.81. The van der Waals surface area contributed by atoms with Crippen LogP contribution in [0.1, 0.15) is 0 Å². The van der Waals surface area contributed by atoms with Crippen molar-refractivity contribution in [3.63, 3.8) is 0 Å². The summed E-state index contributed by atoms with van der Waals surface area (Å²) in [6.45, 7) is 0. The first-order chi connectivity index (χ1) is 5.29. The minimum atomic E-state index is -1.15. The number of hydrogen-bond donors (Lipinski definition) is 0. The first-order valence-corrected chi connectivity index (χ1v) is 3.93. The average Bonchev–Trinajstić information content (AvgIpc) is 2.03. The van der Waals surface area contributed by atoms with Gasteiger partial charge in [0.15, 0.2) is 0 Å². The van der Waals surface area contributed by atoms with E-state index in [0.29, 0.717) is 0 Å². The van der Waals surface area contributed by atoms with Gasteiger partial charge in [0.1, 0.15) is 0 Å². The molecule has 13 heavy (non-hydrogen) atoms. The monoisotopic (exact) mass is 180 g/mol. The summed E-state index contributed by atoms with van der Waals surface area (Å²) >= 11 is 1.14. The van der Waals surface area contributed by atoms with Crippen LogP contribution in [0, 0.1) is 0 Å². The maximum Gasteiger partial charge on any atom is 1.00 e. The van der Waals surface area contributed by atoms with Crippen LogP contribution in [0.2, 0.25) is 0 Å². The number of hydrogen-bond acceptors (Lipinski definition) is 3. The van der Waals surface area contributed by atoms with E-state index in [-0.39, 0.29) is 37.7 Å². The summed E-state index contributed by atoms with van der Waals surface area (Å²) in [6.07, 6.45) is 0. The smallest absolute Gasteiger partial charge is 0.884 e. The summed E-state index contributed by atoms with van der Waals surface area (Å²) in [4.78, 5) is 0.900. The SMILES string of the molecule is [Li+].[Li+].[O-]C([O-])=CSc1ccccc1. The van der Waals surface area contributed by atoms with E-state index >= 15 is 0 Å². The molecule has 0 aliphatic rings. The zero-order valence-corrected chi connectivity index (χ0v) is 8.51. The van der Waals surface area contributed by atoms with Gasteiger partial charge in [0, 0.05) is 4.90 Å². The quantitative estimate of drug-likeness (QED) is 0.259. The molecule has 1 aromatic carbocycles. The molecular weight excluding hydrogens is 174 g/mol. The number of rotatable bonds is 2. The molecule has 0 aliphatic carbocycles. The predicted octanol–water partition coefficient (Wildman–Crippen LogP) is -5.69. The Labute approximate surface area is 106 Å². The average molecular weight is 180 g/mol. The van der Waals surface area contributed by atoms with Crippen LogP contribution >= 0.6 is 11.8 Å². The van der Waals surface area contributed by atoms with Crippen molar-refractivity contribution in [3.8, 4) is 0 Å². The van der Waals surface area contributed by atoms with Gasteiger partial charge < -0.3 is 10.2 Å². The van der Waals surface area contributed by atoms with E-state index < -0.39 is 5.95 Å². The van der Waals surface area contributed by atoms with Gasteiger partial charge in [-0.1, -0.05) is 30.0 Å². The minimum absolute atomic E-state index is 0. The summed E-state index contributed by atoms with van der Waals surface area (Å²) in [5.74, 6) is -1.15. The fourth-order valence-electron chi connectivity index (χ4n) is 0.615. The van der Waals surface area contributed by atoms with Crippen LogP contribution in [0.5, 0.6) is 0 Å². The van der Waals surface area contributed by atoms with Crippen molar-refractivity contribution in [1.29, 1.82) is 0 Å². The van der Waals surface area contributed by atoms with E-state index in [4.69, 9.17) is 0 Å². The van der Waals surface area contributed by atoms with Gasteiger partial charge in [-0.3, -0.25) is 0 Å². The van der Waals surface area contributed by atoms with Gasteiger partial charge >= 0.3 is 37.7 Å². The van der Waals surface area contributed by atoms with Crippen molar-refractivity contribution < 1.29 is 47.9 Å². The summed E-state index contributed by atoms with van der Waals surface area (Å²) in [5.41, 5.74) is 0. The largest absolute Gasteiger partial charge is 1.00 e. The van der Waals surface area contributed by atoms with Gasteiger partial charge in [-0.05, 0) is 17.5 Å². The number of thioether (sulfide) groups is 1. The Kier molecular flexibility index (Phi) is 10.4. The molecule has 5 heteroatoms. The predicted molar refractivity (Wildman–Crippen MR) is 40.4 cm³/mol. The molecule has 0 heterocycles. The molecule has 0 atom stereocenters. The topological polar surface area (TPSA) is 46.1 Å². The first kappa shape index (κ1) is 15.6. The van der Waals surface area contributed by atoms with Crippen LogP contribution in [-0.4, -0.2) is 0 Å². The second-order valence-electron chi connectivity index (χ2n) is 1.87. The van der Waals surface area contributed by atoms with E-state index in [9.17, 15) is 10.2 Å². The van der Waals surface area contributed by atoms with Crippen LogP contribution in [0.4, 0.5) is 0 Å². The molecule has 0 bridgehead atoms. The minimum Gasteiger partial charge on any atom is -0.884 e. The van der Waals surface area contributed by atoms with Gasteiger partial charge in [-0.25, -0.2) is 0 Å². The molecule has 0 aliphatic heterocycles. The molecule has 0 fully saturated rings. The Balaban J connectivity index is 0. The number of benzene rings is 1. The molecule has 0 unspecified atom stereocenters. The fourth-order valence-corrected chi connectivity index (χ4v) is 1.16. The zero-order valence-electron chi connectivity index (χ0n) is 7.69. The Morgan fingerprint density at radius 3 is 2.08 bits per heavy atom. The molecule has 0 saturated carbocycles. The third kappa shape index (κ3) is 7.20. The summed E-state index contributed by atoms with van der Waals surface area (Å²) in [5, 5.41) is 21.0. The fraction of sp³-hybridized carbons (Fsp3) is 0. The van der Waals surface area contributed by atoms with E-state index in [0.717, 1.165) is 22.1 Å². The van der Waals surface area contributed by atoms with Gasteiger partial charge in [-0.15, -0.1) is 0 Å². The van der Waals surface area contributed by atoms with Crippen molar-refractivity contribution in [2.24, 2.45) is 0 Å². The van der Waals surface area contributed by atoms with Crippen LogP contribution in [0.15, 0.2) is 46.6 Å². The van der Waals surface area contributed by atoms with Crippen molar-refractivity contribution in [2.45, 2.75) is 4.90 Å². The van der Waals surface area contributed by atoms with Gasteiger partial charge in [0.2, 0.25) is 0 Å². The van der Waals surface area contributed by atoms with Crippen molar-refractivity contribution in [1.82, 2.24) is 0 Å². The van der Waals surface area contributed by atoms with Crippen LogP contribution in [0.3, 0.4) is 0 Å². The normalized spacial score (nSPS) is 7.69.